The molecule has 3 saturated heterocycles. The molecular formula is C29H34N4O2S. The van der Waals surface area contributed by atoms with E-state index in [-0.39, 0.29) is 6.04 Å². The summed E-state index contributed by atoms with van der Waals surface area (Å²) in [5.41, 5.74) is 3.59. The van der Waals surface area contributed by atoms with Crippen molar-refractivity contribution >= 4 is 31.8 Å². The molecule has 36 heavy (non-hydrogen) atoms. The normalized spacial score (nSPS) is 27.4. The van der Waals surface area contributed by atoms with Crippen LogP contribution in [-0.2, 0) is 10.0 Å². The quantitative estimate of drug-likeness (QED) is 0.360. The average Bonchev–Trinajstić information content (AvgIpc) is 3.67. The molecule has 7 heteroatoms. The molecule has 7 rings (SSSR count). The fourth-order valence-corrected chi connectivity index (χ4v) is 9.11. The molecule has 4 atom stereocenters. The second kappa shape index (κ2) is 8.75. The van der Waals surface area contributed by atoms with Crippen molar-refractivity contribution in [2.45, 2.75) is 73.9 Å². The van der Waals surface area contributed by atoms with Crippen LogP contribution in [0.5, 0.6) is 0 Å². The fourth-order valence-electron chi connectivity index (χ4n) is 7.36. The number of para-hydroxylation sites is 1. The van der Waals surface area contributed by atoms with Crippen LogP contribution in [0, 0.1) is 0 Å². The predicted molar refractivity (Wildman–Crippen MR) is 144 cm³/mol. The molecule has 5 heterocycles. The number of hydrogen-bond acceptors (Lipinski definition) is 3. The Kier molecular flexibility index (Phi) is 5.49. The molecule has 0 saturated carbocycles. The molecule has 6 nitrogen and oxygen atoms in total. The molecule has 1 unspecified atom stereocenters. The Bertz CT molecular complexity index is 1490. The third kappa shape index (κ3) is 3.71. The van der Waals surface area contributed by atoms with Crippen LogP contribution in [0.3, 0.4) is 0 Å². The summed E-state index contributed by atoms with van der Waals surface area (Å²) in [5.74, 6) is 0.612. The van der Waals surface area contributed by atoms with Crippen LogP contribution in [-0.4, -0.2) is 58.8 Å². The van der Waals surface area contributed by atoms with E-state index in [1.165, 1.54) is 42.1 Å². The summed E-state index contributed by atoms with van der Waals surface area (Å²) in [5, 5.41) is 2.41. The lowest BCUT2D eigenvalue weighted by Crippen LogP contribution is -2.45. The van der Waals surface area contributed by atoms with E-state index in [0.717, 1.165) is 36.7 Å². The third-order valence-corrected chi connectivity index (χ3v) is 11.1. The Morgan fingerprint density at radius 2 is 1.75 bits per heavy atom. The molecule has 0 spiro atoms. The van der Waals surface area contributed by atoms with Gasteiger partial charge in [0.05, 0.1) is 4.90 Å². The zero-order valence-corrected chi connectivity index (χ0v) is 21.4. The Morgan fingerprint density at radius 1 is 0.917 bits per heavy atom. The lowest BCUT2D eigenvalue weighted by atomic mass is 9.84. The van der Waals surface area contributed by atoms with Crippen molar-refractivity contribution in [3.63, 3.8) is 0 Å². The summed E-state index contributed by atoms with van der Waals surface area (Å²) in [6, 6.07) is 17.4. The summed E-state index contributed by atoms with van der Waals surface area (Å²) in [6.45, 7) is 1.63. The molecule has 0 aliphatic carbocycles. The molecule has 2 aromatic carbocycles. The highest BCUT2D eigenvalue weighted by Crippen LogP contribution is 2.45. The lowest BCUT2D eigenvalue weighted by Gasteiger charge is -2.40. The maximum absolute atomic E-state index is 13.6. The van der Waals surface area contributed by atoms with Crippen molar-refractivity contribution in [3.05, 3.63) is 66.5 Å². The van der Waals surface area contributed by atoms with Crippen molar-refractivity contribution in [3.8, 4) is 0 Å². The number of H-pyrrole nitrogens is 2. The molecule has 0 amide bonds. The van der Waals surface area contributed by atoms with E-state index >= 15 is 0 Å². The SMILES string of the molecule is O=S(=O)(c1ccc2cc[nH]c2c1)N1CCC[C@@H]1CCN1[C@@H]2CC[C@H]1CC(c1c[nH]c3ccccc13)C2. The predicted octanol–water partition coefficient (Wildman–Crippen LogP) is 5.60. The van der Waals surface area contributed by atoms with Crippen LogP contribution < -0.4 is 0 Å². The van der Waals surface area contributed by atoms with E-state index in [9.17, 15) is 8.42 Å². The van der Waals surface area contributed by atoms with Gasteiger partial charge in [-0.2, -0.15) is 4.31 Å². The zero-order valence-electron chi connectivity index (χ0n) is 20.6. The third-order valence-electron chi connectivity index (χ3n) is 9.12. The highest BCUT2D eigenvalue weighted by molar-refractivity contribution is 7.89. The van der Waals surface area contributed by atoms with Crippen LogP contribution in [0.2, 0.25) is 0 Å². The van der Waals surface area contributed by atoms with Crippen molar-refractivity contribution in [1.29, 1.82) is 0 Å². The first kappa shape index (κ1) is 22.6. The number of hydrogen-bond donors (Lipinski definition) is 2. The van der Waals surface area contributed by atoms with Crippen LogP contribution in [0.15, 0.2) is 65.8 Å². The van der Waals surface area contributed by atoms with Crippen molar-refractivity contribution < 1.29 is 8.42 Å². The van der Waals surface area contributed by atoms with Crippen LogP contribution in [0.1, 0.15) is 56.4 Å². The Hall–Kier alpha value is -2.61. The van der Waals surface area contributed by atoms with Gasteiger partial charge in [0, 0.05) is 60.0 Å². The van der Waals surface area contributed by atoms with Crippen LogP contribution in [0.4, 0.5) is 0 Å². The van der Waals surface area contributed by atoms with E-state index in [1.807, 2.05) is 18.3 Å². The van der Waals surface area contributed by atoms with Gasteiger partial charge >= 0.3 is 0 Å². The average molecular weight is 503 g/mol. The minimum absolute atomic E-state index is 0.0973. The standard InChI is InChI=1S/C29H34N4O2S/c34-36(35,25-10-7-20-11-13-30-29(20)18-25)33-14-3-4-22(33)12-15-32-23-8-9-24(32)17-21(16-23)27-19-31-28-6-2-1-5-26(27)28/h1-2,5-7,10-11,13,18-19,21-24,30-31H,3-4,8-9,12,14-17H2/t21?,22-,23-,24+/m1/s1. The molecule has 0 radical (unpaired) electrons. The molecular weight excluding hydrogens is 468 g/mol. The number of piperidine rings is 1. The first-order valence-electron chi connectivity index (χ1n) is 13.5. The van der Waals surface area contributed by atoms with Gasteiger partial charge in [0.25, 0.3) is 0 Å². The first-order valence-corrected chi connectivity index (χ1v) is 14.9. The fraction of sp³-hybridized carbons (Fsp3) is 0.448. The van der Waals surface area contributed by atoms with Gasteiger partial charge in [-0.15, -0.1) is 0 Å². The molecule has 2 aromatic heterocycles. The zero-order chi connectivity index (χ0) is 24.3. The summed E-state index contributed by atoms with van der Waals surface area (Å²) < 4.78 is 28.9. The van der Waals surface area contributed by atoms with E-state index in [4.69, 9.17) is 0 Å². The van der Waals surface area contributed by atoms with Crippen molar-refractivity contribution in [2.75, 3.05) is 13.1 Å². The maximum Gasteiger partial charge on any atom is 0.243 e. The minimum atomic E-state index is -3.49. The van der Waals surface area contributed by atoms with Gasteiger partial charge in [0.1, 0.15) is 0 Å². The largest absolute Gasteiger partial charge is 0.361 e. The maximum atomic E-state index is 13.6. The number of rotatable bonds is 6. The van der Waals surface area contributed by atoms with Gasteiger partial charge in [-0.3, -0.25) is 4.90 Å². The summed E-state index contributed by atoms with van der Waals surface area (Å²) in [7, 11) is -3.49. The van der Waals surface area contributed by atoms with Gasteiger partial charge in [0.2, 0.25) is 10.0 Å². The smallest absolute Gasteiger partial charge is 0.243 e. The van der Waals surface area contributed by atoms with Gasteiger partial charge in [-0.1, -0.05) is 24.3 Å². The number of nitrogens with one attached hydrogen (secondary N) is 2. The molecule has 4 aromatic rings. The second-order valence-corrected chi connectivity index (χ2v) is 12.9. The van der Waals surface area contributed by atoms with E-state index in [2.05, 4.69) is 45.3 Å². The minimum Gasteiger partial charge on any atom is -0.361 e. The van der Waals surface area contributed by atoms with E-state index in [1.54, 1.807) is 16.4 Å². The Morgan fingerprint density at radius 3 is 2.61 bits per heavy atom. The summed E-state index contributed by atoms with van der Waals surface area (Å²) in [6.07, 6.45) is 11.9. The number of aromatic amines is 2. The number of benzene rings is 2. The van der Waals surface area contributed by atoms with Gasteiger partial charge in [-0.25, -0.2) is 8.42 Å². The molecule has 3 aliphatic heterocycles. The molecule has 2 N–H and O–H groups in total. The molecule has 2 bridgehead atoms. The number of fused-ring (bicyclic) bond motifs is 4. The highest BCUT2D eigenvalue weighted by Gasteiger charge is 2.42. The molecule has 3 aliphatic rings. The monoisotopic (exact) mass is 502 g/mol. The number of nitrogens with zero attached hydrogens (tertiary/aromatic N) is 2. The summed E-state index contributed by atoms with van der Waals surface area (Å²) in [4.78, 5) is 9.75. The van der Waals surface area contributed by atoms with E-state index in [0.29, 0.717) is 29.4 Å². The van der Waals surface area contributed by atoms with Gasteiger partial charge < -0.3 is 9.97 Å². The topological polar surface area (TPSA) is 72.2 Å². The first-order chi connectivity index (χ1) is 17.6. The Balaban J connectivity index is 1.04. The molecule has 3 fully saturated rings. The second-order valence-electron chi connectivity index (χ2n) is 11.0. The van der Waals surface area contributed by atoms with Crippen LogP contribution >= 0.6 is 0 Å². The van der Waals surface area contributed by atoms with Gasteiger partial charge in [0.15, 0.2) is 0 Å². The number of sulfonamides is 1. The summed E-state index contributed by atoms with van der Waals surface area (Å²) >= 11 is 0. The lowest BCUT2D eigenvalue weighted by molar-refractivity contribution is 0.118. The van der Waals surface area contributed by atoms with Crippen molar-refractivity contribution in [2.24, 2.45) is 0 Å². The molecule has 188 valence electrons. The number of aromatic nitrogens is 2. The van der Waals surface area contributed by atoms with E-state index < -0.39 is 10.0 Å². The van der Waals surface area contributed by atoms with Crippen LogP contribution in [0.25, 0.3) is 21.8 Å². The Labute approximate surface area is 212 Å². The highest BCUT2D eigenvalue weighted by atomic mass is 32.2. The van der Waals surface area contributed by atoms with Gasteiger partial charge in [-0.05, 0) is 86.1 Å². The van der Waals surface area contributed by atoms with Crippen molar-refractivity contribution in [1.82, 2.24) is 19.2 Å².